The molecule has 1 aromatic carbocycles. The Hall–Kier alpha value is -1.49. The molecule has 0 radical (unpaired) electrons. The molecule has 0 heterocycles. The standard InChI is InChI=1S/C12H15F2NO2/c1-2-17-11(16)7-10(15)8-4-3-5-9(6-8)12(13)14/h3-6,10,12H,2,7,15H2,1H3/t10-/m0/s1. The molecule has 17 heavy (non-hydrogen) atoms. The van der Waals surface area contributed by atoms with Crippen molar-refractivity contribution in [1.82, 2.24) is 0 Å². The lowest BCUT2D eigenvalue weighted by molar-refractivity contribution is -0.143. The molecular weight excluding hydrogens is 228 g/mol. The van der Waals surface area contributed by atoms with Gasteiger partial charge in [0.2, 0.25) is 0 Å². The first-order valence-electron chi connectivity index (χ1n) is 5.33. The van der Waals surface area contributed by atoms with Gasteiger partial charge in [-0.25, -0.2) is 8.78 Å². The number of hydrogen-bond donors (Lipinski definition) is 1. The van der Waals surface area contributed by atoms with Gasteiger partial charge in [-0.1, -0.05) is 18.2 Å². The van der Waals surface area contributed by atoms with E-state index in [0.29, 0.717) is 5.56 Å². The van der Waals surface area contributed by atoms with Gasteiger partial charge in [0.25, 0.3) is 6.43 Å². The number of rotatable bonds is 5. The Balaban J connectivity index is 2.71. The molecule has 0 amide bonds. The molecule has 3 nitrogen and oxygen atoms in total. The number of ether oxygens (including phenoxy) is 1. The third kappa shape index (κ3) is 4.11. The molecule has 0 unspecified atom stereocenters. The van der Waals surface area contributed by atoms with Gasteiger partial charge in [-0.2, -0.15) is 0 Å². The van der Waals surface area contributed by atoms with Crippen molar-refractivity contribution in [3.8, 4) is 0 Å². The van der Waals surface area contributed by atoms with Gasteiger partial charge >= 0.3 is 5.97 Å². The molecule has 5 heteroatoms. The normalized spacial score (nSPS) is 12.5. The molecular formula is C12H15F2NO2. The first kappa shape index (κ1) is 13.6. The number of halogens is 2. The SMILES string of the molecule is CCOC(=O)C[C@H](N)c1cccc(C(F)F)c1. The summed E-state index contributed by atoms with van der Waals surface area (Å²) in [6.07, 6.45) is -2.55. The number of alkyl halides is 2. The van der Waals surface area contributed by atoms with Crippen molar-refractivity contribution in [3.05, 3.63) is 35.4 Å². The van der Waals surface area contributed by atoms with Crippen LogP contribution in [0.1, 0.15) is 36.9 Å². The lowest BCUT2D eigenvalue weighted by Gasteiger charge is -2.12. The Kier molecular flexibility index (Phi) is 5.03. The molecule has 0 aliphatic heterocycles. The van der Waals surface area contributed by atoms with Crippen LogP contribution in [0.3, 0.4) is 0 Å². The lowest BCUT2D eigenvalue weighted by Crippen LogP contribution is -2.17. The topological polar surface area (TPSA) is 52.3 Å². The van der Waals surface area contributed by atoms with Crippen LogP contribution in [-0.2, 0) is 9.53 Å². The first-order chi connectivity index (χ1) is 8.04. The average Bonchev–Trinajstić information content (AvgIpc) is 2.29. The molecule has 0 aliphatic carbocycles. The minimum Gasteiger partial charge on any atom is -0.466 e. The summed E-state index contributed by atoms with van der Waals surface area (Å²) < 4.78 is 29.7. The maximum Gasteiger partial charge on any atom is 0.307 e. The van der Waals surface area contributed by atoms with Crippen molar-refractivity contribution in [3.63, 3.8) is 0 Å². The van der Waals surface area contributed by atoms with Gasteiger partial charge < -0.3 is 10.5 Å². The van der Waals surface area contributed by atoms with Crippen LogP contribution >= 0.6 is 0 Å². The number of carbonyl (C=O) groups is 1. The zero-order valence-corrected chi connectivity index (χ0v) is 9.53. The molecule has 1 aromatic rings. The van der Waals surface area contributed by atoms with Crippen LogP contribution in [0.5, 0.6) is 0 Å². The highest BCUT2D eigenvalue weighted by molar-refractivity contribution is 5.70. The summed E-state index contributed by atoms with van der Waals surface area (Å²) in [5.41, 5.74) is 6.16. The summed E-state index contributed by atoms with van der Waals surface area (Å²) >= 11 is 0. The predicted octanol–water partition coefficient (Wildman–Crippen LogP) is 2.58. The van der Waals surface area contributed by atoms with Gasteiger partial charge in [-0.05, 0) is 18.6 Å². The Bertz CT molecular complexity index is 383. The van der Waals surface area contributed by atoms with E-state index in [1.165, 1.54) is 18.2 Å². The van der Waals surface area contributed by atoms with E-state index in [1.54, 1.807) is 13.0 Å². The third-order valence-corrected chi connectivity index (χ3v) is 2.28. The molecule has 1 rings (SSSR count). The van der Waals surface area contributed by atoms with E-state index in [9.17, 15) is 13.6 Å². The van der Waals surface area contributed by atoms with Gasteiger partial charge in [0.05, 0.1) is 13.0 Å². The molecule has 0 spiro atoms. The number of hydrogen-bond acceptors (Lipinski definition) is 3. The maximum absolute atomic E-state index is 12.5. The van der Waals surface area contributed by atoms with Gasteiger partial charge in [-0.15, -0.1) is 0 Å². The van der Waals surface area contributed by atoms with Crippen LogP contribution in [0.25, 0.3) is 0 Å². The van der Waals surface area contributed by atoms with Crippen LogP contribution in [0, 0.1) is 0 Å². The van der Waals surface area contributed by atoms with Crippen molar-refractivity contribution >= 4 is 5.97 Å². The largest absolute Gasteiger partial charge is 0.466 e. The van der Waals surface area contributed by atoms with Crippen LogP contribution in [0.15, 0.2) is 24.3 Å². The lowest BCUT2D eigenvalue weighted by atomic mass is 10.0. The Morgan fingerprint density at radius 2 is 2.06 bits per heavy atom. The van der Waals surface area contributed by atoms with Gasteiger partial charge in [0, 0.05) is 11.6 Å². The highest BCUT2D eigenvalue weighted by Gasteiger charge is 2.14. The molecule has 0 aromatic heterocycles. The van der Waals surface area contributed by atoms with Gasteiger partial charge in [0.1, 0.15) is 0 Å². The summed E-state index contributed by atoms with van der Waals surface area (Å²) in [6, 6.07) is 5.14. The molecule has 0 bridgehead atoms. The number of nitrogens with two attached hydrogens (primary N) is 1. The fourth-order valence-electron chi connectivity index (χ4n) is 1.44. The quantitative estimate of drug-likeness (QED) is 0.809. The van der Waals surface area contributed by atoms with E-state index in [-0.39, 0.29) is 18.6 Å². The minimum atomic E-state index is -2.54. The second-order valence-corrected chi connectivity index (χ2v) is 3.59. The Labute approximate surface area is 98.6 Å². The first-order valence-corrected chi connectivity index (χ1v) is 5.33. The van der Waals surface area contributed by atoms with Crippen molar-refractivity contribution in [1.29, 1.82) is 0 Å². The van der Waals surface area contributed by atoms with Crippen molar-refractivity contribution in [2.24, 2.45) is 5.73 Å². The van der Waals surface area contributed by atoms with E-state index in [4.69, 9.17) is 10.5 Å². The number of benzene rings is 1. The van der Waals surface area contributed by atoms with Gasteiger partial charge in [0.15, 0.2) is 0 Å². The fourth-order valence-corrected chi connectivity index (χ4v) is 1.44. The molecule has 0 fully saturated rings. The van der Waals surface area contributed by atoms with Crippen LogP contribution in [0.4, 0.5) is 8.78 Å². The average molecular weight is 243 g/mol. The van der Waals surface area contributed by atoms with Crippen molar-refractivity contribution < 1.29 is 18.3 Å². The van der Waals surface area contributed by atoms with E-state index < -0.39 is 18.4 Å². The fraction of sp³-hybridized carbons (Fsp3) is 0.417. The maximum atomic E-state index is 12.5. The van der Waals surface area contributed by atoms with Gasteiger partial charge in [-0.3, -0.25) is 4.79 Å². The molecule has 2 N–H and O–H groups in total. The number of carbonyl (C=O) groups excluding carboxylic acids is 1. The van der Waals surface area contributed by atoms with E-state index in [2.05, 4.69) is 0 Å². The third-order valence-electron chi connectivity index (χ3n) is 2.28. The van der Waals surface area contributed by atoms with Crippen LogP contribution < -0.4 is 5.73 Å². The summed E-state index contributed by atoms with van der Waals surface area (Å²) in [6.45, 7) is 1.98. The van der Waals surface area contributed by atoms with Crippen molar-refractivity contribution in [2.45, 2.75) is 25.8 Å². The zero-order valence-electron chi connectivity index (χ0n) is 9.53. The monoisotopic (exact) mass is 243 g/mol. The summed E-state index contributed by atoms with van der Waals surface area (Å²) in [4.78, 5) is 11.2. The van der Waals surface area contributed by atoms with Crippen molar-refractivity contribution in [2.75, 3.05) is 6.61 Å². The van der Waals surface area contributed by atoms with Crippen LogP contribution in [0.2, 0.25) is 0 Å². The summed E-state index contributed by atoms with van der Waals surface area (Å²) in [5, 5.41) is 0. The molecule has 0 saturated heterocycles. The second kappa shape index (κ2) is 6.30. The Morgan fingerprint density at radius 1 is 1.41 bits per heavy atom. The summed E-state index contributed by atoms with van der Waals surface area (Å²) in [7, 11) is 0. The minimum absolute atomic E-state index is 0.0134. The highest BCUT2D eigenvalue weighted by Crippen LogP contribution is 2.23. The molecule has 1 atom stereocenters. The smallest absolute Gasteiger partial charge is 0.307 e. The van der Waals surface area contributed by atoms with E-state index in [1.807, 2.05) is 0 Å². The number of esters is 1. The Morgan fingerprint density at radius 3 is 2.65 bits per heavy atom. The zero-order chi connectivity index (χ0) is 12.8. The molecule has 0 aliphatic rings. The van der Waals surface area contributed by atoms with Crippen LogP contribution in [-0.4, -0.2) is 12.6 Å². The predicted molar refractivity (Wildman–Crippen MR) is 59.6 cm³/mol. The van der Waals surface area contributed by atoms with E-state index in [0.717, 1.165) is 0 Å². The molecule has 0 saturated carbocycles. The van der Waals surface area contributed by atoms with E-state index >= 15 is 0 Å². The summed E-state index contributed by atoms with van der Waals surface area (Å²) in [5.74, 6) is -0.428. The second-order valence-electron chi connectivity index (χ2n) is 3.59. The highest BCUT2D eigenvalue weighted by atomic mass is 19.3. The molecule has 94 valence electrons.